The van der Waals surface area contributed by atoms with Crippen molar-refractivity contribution < 1.29 is 4.79 Å². The molecule has 0 fully saturated rings. The second-order valence-corrected chi connectivity index (χ2v) is 7.27. The zero-order valence-corrected chi connectivity index (χ0v) is 16.0. The van der Waals surface area contributed by atoms with E-state index in [4.69, 9.17) is 0 Å². The number of H-pyrrole nitrogens is 1. The highest BCUT2D eigenvalue weighted by Gasteiger charge is 2.11. The smallest absolute Gasteiger partial charge is 0.261 e. The van der Waals surface area contributed by atoms with Crippen LogP contribution in [0.4, 0.5) is 5.69 Å². The van der Waals surface area contributed by atoms with E-state index in [0.29, 0.717) is 16.2 Å². The molecule has 6 nitrogen and oxygen atoms in total. The first-order chi connectivity index (χ1) is 12.3. The number of fused-ring (bicyclic) bond motifs is 1. The van der Waals surface area contributed by atoms with Gasteiger partial charge >= 0.3 is 0 Å². The van der Waals surface area contributed by atoms with Gasteiger partial charge in [0.15, 0.2) is 10.8 Å². The summed E-state index contributed by atoms with van der Waals surface area (Å²) < 4.78 is 0. The summed E-state index contributed by atoms with van der Waals surface area (Å²) in [5.41, 5.74) is 4.75. The normalized spacial score (nSPS) is 10.9. The molecule has 3 rings (SSSR count). The minimum atomic E-state index is -0.239. The Morgan fingerprint density at radius 3 is 2.62 bits per heavy atom. The Morgan fingerprint density at radius 1 is 1.12 bits per heavy atom. The summed E-state index contributed by atoms with van der Waals surface area (Å²) >= 11 is 1.18. The lowest BCUT2D eigenvalue weighted by Crippen LogP contribution is -2.16. The van der Waals surface area contributed by atoms with Crippen molar-refractivity contribution in [2.24, 2.45) is 0 Å². The van der Waals surface area contributed by atoms with Gasteiger partial charge in [0, 0.05) is 11.4 Å². The van der Waals surface area contributed by atoms with Crippen molar-refractivity contribution in [1.29, 1.82) is 0 Å². The Morgan fingerprint density at radius 2 is 1.88 bits per heavy atom. The molecule has 0 spiro atoms. The lowest BCUT2D eigenvalue weighted by atomic mass is 10.1. The Labute approximate surface area is 155 Å². The summed E-state index contributed by atoms with van der Waals surface area (Å²) in [5, 5.41) is 3.75. The molecule has 0 saturated heterocycles. The van der Waals surface area contributed by atoms with Gasteiger partial charge in [-0.25, -0.2) is 9.97 Å². The molecule has 0 aliphatic carbocycles. The minimum absolute atomic E-state index is 0.145. The van der Waals surface area contributed by atoms with Crippen molar-refractivity contribution in [3.05, 3.63) is 57.0 Å². The third-order valence-corrected chi connectivity index (χ3v) is 4.85. The fraction of sp³-hybridized carbons (Fsp3) is 0.263. The molecule has 7 heteroatoms. The van der Waals surface area contributed by atoms with Crippen LogP contribution >= 0.6 is 11.8 Å². The third-order valence-electron chi connectivity index (χ3n) is 3.98. The number of aromatic amines is 1. The molecule has 1 aromatic carbocycles. The average molecular weight is 368 g/mol. The van der Waals surface area contributed by atoms with Crippen molar-refractivity contribution in [3.63, 3.8) is 0 Å². The van der Waals surface area contributed by atoms with Crippen molar-refractivity contribution in [1.82, 2.24) is 15.0 Å². The van der Waals surface area contributed by atoms with Gasteiger partial charge in [-0.3, -0.25) is 9.59 Å². The molecular formula is C19H20N4O2S. The summed E-state index contributed by atoms with van der Waals surface area (Å²) in [5.74, 6) is -0.00916. The van der Waals surface area contributed by atoms with Crippen LogP contribution in [0.3, 0.4) is 0 Å². The summed E-state index contributed by atoms with van der Waals surface area (Å²) in [6.07, 6.45) is 0. The molecule has 2 aromatic heterocycles. The maximum absolute atomic E-state index is 12.3. The number of rotatable bonds is 4. The number of hydrogen-bond donors (Lipinski definition) is 2. The van der Waals surface area contributed by atoms with Crippen LogP contribution < -0.4 is 10.9 Å². The van der Waals surface area contributed by atoms with Gasteiger partial charge in [-0.2, -0.15) is 0 Å². The molecule has 0 saturated carbocycles. The van der Waals surface area contributed by atoms with Crippen LogP contribution in [-0.4, -0.2) is 26.6 Å². The summed E-state index contributed by atoms with van der Waals surface area (Å²) in [6, 6.07) is 7.71. The number of hydrogen-bond acceptors (Lipinski definition) is 5. The summed E-state index contributed by atoms with van der Waals surface area (Å²) in [7, 11) is 0. The van der Waals surface area contributed by atoms with Gasteiger partial charge in [-0.1, -0.05) is 29.5 Å². The van der Waals surface area contributed by atoms with Crippen molar-refractivity contribution in [3.8, 4) is 0 Å². The Kier molecular flexibility index (Phi) is 5.08. The van der Waals surface area contributed by atoms with E-state index in [1.165, 1.54) is 11.8 Å². The topological polar surface area (TPSA) is 87.7 Å². The molecule has 3 aromatic rings. The second-order valence-electron chi connectivity index (χ2n) is 6.31. The number of nitrogens with one attached hydrogen (secondary N) is 2. The predicted molar refractivity (Wildman–Crippen MR) is 105 cm³/mol. The van der Waals surface area contributed by atoms with E-state index in [9.17, 15) is 9.59 Å². The van der Waals surface area contributed by atoms with Gasteiger partial charge in [-0.05, 0) is 51.0 Å². The van der Waals surface area contributed by atoms with Gasteiger partial charge in [0.2, 0.25) is 5.91 Å². The molecular weight excluding hydrogens is 348 g/mol. The van der Waals surface area contributed by atoms with Crippen LogP contribution in [0.2, 0.25) is 0 Å². The van der Waals surface area contributed by atoms with Crippen LogP contribution in [0.15, 0.2) is 34.2 Å². The highest BCUT2D eigenvalue weighted by atomic mass is 32.2. The molecule has 0 atom stereocenters. The van der Waals surface area contributed by atoms with Gasteiger partial charge < -0.3 is 10.3 Å². The Hall–Kier alpha value is -2.67. The Balaban J connectivity index is 1.75. The molecule has 2 N–H and O–H groups in total. The third kappa shape index (κ3) is 3.94. The van der Waals surface area contributed by atoms with Gasteiger partial charge in [-0.15, -0.1) is 0 Å². The van der Waals surface area contributed by atoms with Crippen LogP contribution in [0, 0.1) is 27.7 Å². The molecule has 1 amide bonds. The monoisotopic (exact) mass is 368 g/mol. The van der Waals surface area contributed by atoms with Gasteiger partial charge in [0.25, 0.3) is 5.56 Å². The molecule has 0 radical (unpaired) electrons. The zero-order valence-electron chi connectivity index (χ0n) is 15.1. The van der Waals surface area contributed by atoms with E-state index in [1.807, 2.05) is 52.0 Å². The summed E-state index contributed by atoms with van der Waals surface area (Å²) in [6.45, 7) is 7.68. The Bertz CT molecular complexity index is 1060. The lowest BCUT2D eigenvalue weighted by molar-refractivity contribution is -0.113. The van der Waals surface area contributed by atoms with Gasteiger partial charge in [0.05, 0.1) is 11.1 Å². The van der Waals surface area contributed by atoms with Crippen LogP contribution in [0.1, 0.15) is 22.4 Å². The first-order valence-corrected chi connectivity index (χ1v) is 9.20. The number of thioether (sulfide) groups is 1. The van der Waals surface area contributed by atoms with E-state index in [1.54, 1.807) is 0 Å². The number of carbonyl (C=O) groups excluding carboxylic acids is 1. The molecule has 0 unspecified atom stereocenters. The van der Waals surface area contributed by atoms with E-state index in [2.05, 4.69) is 20.3 Å². The first kappa shape index (κ1) is 18.1. The molecule has 0 aliphatic heterocycles. The van der Waals surface area contributed by atoms with Gasteiger partial charge in [0.1, 0.15) is 0 Å². The predicted octanol–water partition coefficient (Wildman–Crippen LogP) is 3.28. The highest BCUT2D eigenvalue weighted by Crippen LogP contribution is 2.19. The van der Waals surface area contributed by atoms with Crippen LogP contribution in [0.25, 0.3) is 11.0 Å². The number of aryl methyl sites for hydroxylation is 4. The quantitative estimate of drug-likeness (QED) is 0.545. The van der Waals surface area contributed by atoms with Crippen LogP contribution in [0.5, 0.6) is 0 Å². The number of pyridine rings is 1. The van der Waals surface area contributed by atoms with Crippen molar-refractivity contribution >= 4 is 34.4 Å². The fourth-order valence-corrected chi connectivity index (χ4v) is 3.46. The molecule has 0 aliphatic rings. The van der Waals surface area contributed by atoms with Crippen molar-refractivity contribution in [2.45, 2.75) is 32.9 Å². The first-order valence-electron chi connectivity index (χ1n) is 8.21. The number of benzene rings is 1. The number of anilines is 1. The number of aromatic nitrogens is 3. The van der Waals surface area contributed by atoms with E-state index >= 15 is 0 Å². The highest BCUT2D eigenvalue weighted by molar-refractivity contribution is 7.99. The molecule has 2 heterocycles. The zero-order chi connectivity index (χ0) is 18.8. The average Bonchev–Trinajstić information content (AvgIpc) is 2.54. The van der Waals surface area contributed by atoms with E-state index in [-0.39, 0.29) is 17.2 Å². The number of carbonyl (C=O) groups is 1. The van der Waals surface area contributed by atoms with E-state index < -0.39 is 0 Å². The number of amides is 1. The largest absolute Gasteiger partial charge is 0.325 e. The second kappa shape index (κ2) is 7.29. The minimum Gasteiger partial charge on any atom is -0.325 e. The standard InChI is InChI=1S/C19H20N4O2S/c1-10-5-6-14(11(2)7-10)21-15(24)9-26-19-22-17-16(18(25)23-19)12(3)8-13(4)20-17/h5-8H,9H2,1-4H3,(H,21,24)(H,20,22,23,25). The van der Waals surface area contributed by atoms with E-state index in [0.717, 1.165) is 28.1 Å². The van der Waals surface area contributed by atoms with Crippen molar-refractivity contribution in [2.75, 3.05) is 11.1 Å². The maximum atomic E-state index is 12.3. The molecule has 134 valence electrons. The maximum Gasteiger partial charge on any atom is 0.261 e. The molecule has 26 heavy (non-hydrogen) atoms. The lowest BCUT2D eigenvalue weighted by Gasteiger charge is -2.09. The number of nitrogens with zero attached hydrogens (tertiary/aromatic N) is 2. The fourth-order valence-electron chi connectivity index (χ4n) is 2.80. The summed E-state index contributed by atoms with van der Waals surface area (Å²) in [4.78, 5) is 35.9. The molecule has 0 bridgehead atoms. The van der Waals surface area contributed by atoms with Crippen LogP contribution in [-0.2, 0) is 4.79 Å². The SMILES string of the molecule is Cc1ccc(NC(=O)CSc2nc3nc(C)cc(C)c3c(=O)[nH]2)c(C)c1.